The third-order valence-corrected chi connectivity index (χ3v) is 8.48. The molecule has 2 aliphatic rings. The Labute approximate surface area is 215 Å². The molecule has 2 atom stereocenters. The number of thiophene rings is 1. The summed E-state index contributed by atoms with van der Waals surface area (Å²) in [5.74, 6) is 0.160. The van der Waals surface area contributed by atoms with Crippen LogP contribution in [0, 0.1) is 17.1 Å². The molecule has 5 heterocycles. The van der Waals surface area contributed by atoms with Gasteiger partial charge >= 0.3 is 0 Å². The van der Waals surface area contributed by atoms with Crippen molar-refractivity contribution in [3.63, 3.8) is 0 Å². The molecule has 8 nitrogen and oxygen atoms in total. The molecule has 0 amide bonds. The summed E-state index contributed by atoms with van der Waals surface area (Å²) in [6, 6.07) is 6.00. The van der Waals surface area contributed by atoms with Crippen LogP contribution in [0.25, 0.3) is 32.2 Å². The molecule has 11 heteroatoms. The molecule has 0 bridgehead atoms. The van der Waals surface area contributed by atoms with E-state index in [9.17, 15) is 14.8 Å². The zero-order valence-electron chi connectivity index (χ0n) is 19.5. The van der Waals surface area contributed by atoms with E-state index in [2.05, 4.69) is 11.1 Å². The summed E-state index contributed by atoms with van der Waals surface area (Å²) in [7, 11) is 3.89. The third kappa shape index (κ3) is 3.35. The van der Waals surface area contributed by atoms with Gasteiger partial charge in [-0.25, -0.2) is 9.37 Å². The normalized spacial score (nSPS) is 19.5. The molecule has 0 aliphatic carbocycles. The summed E-state index contributed by atoms with van der Waals surface area (Å²) in [5, 5.41) is 22.1. The molecule has 1 fully saturated rings. The molecule has 3 aromatic heterocycles. The highest BCUT2D eigenvalue weighted by molar-refractivity contribution is 7.23. The smallest absolute Gasteiger partial charge is 0.159 e. The van der Waals surface area contributed by atoms with Gasteiger partial charge in [-0.2, -0.15) is 5.26 Å². The molecule has 36 heavy (non-hydrogen) atoms. The summed E-state index contributed by atoms with van der Waals surface area (Å²) in [5.41, 5.74) is 9.56. The SMILES string of the molecule is CN(C)[C@@H]1CN(c2ccc3c4c(c(-c5ncc(F)c6sc(N)c(C#N)c56)c(Cl)c3n2)COC4)C[C@H]1O. The number of rotatable bonds is 3. The van der Waals surface area contributed by atoms with Crippen LogP contribution in [-0.2, 0) is 18.0 Å². The molecule has 6 rings (SSSR count). The number of β-amino-alcohol motifs (C(OH)–C–C–N with tert-alkyl or cyclic N) is 1. The van der Waals surface area contributed by atoms with Crippen LogP contribution in [0.4, 0.5) is 15.2 Å². The van der Waals surface area contributed by atoms with Crippen molar-refractivity contribution < 1.29 is 14.2 Å². The number of likely N-dealkylation sites (N-methyl/N-ethyl adjacent to an activating group) is 1. The van der Waals surface area contributed by atoms with Crippen molar-refractivity contribution in [2.75, 3.05) is 37.8 Å². The molecule has 3 N–H and O–H groups in total. The van der Waals surface area contributed by atoms with Gasteiger partial charge in [-0.15, -0.1) is 11.3 Å². The largest absolute Gasteiger partial charge is 0.390 e. The van der Waals surface area contributed by atoms with Crippen molar-refractivity contribution in [1.29, 1.82) is 5.26 Å². The lowest BCUT2D eigenvalue weighted by Crippen LogP contribution is -2.38. The van der Waals surface area contributed by atoms with Gasteiger partial charge in [-0.1, -0.05) is 11.6 Å². The average Bonchev–Trinajstić information content (AvgIpc) is 3.57. The maximum atomic E-state index is 14.7. The zero-order chi connectivity index (χ0) is 25.3. The number of anilines is 2. The molecular formula is C25H22ClFN6O2S. The minimum atomic E-state index is -0.541. The van der Waals surface area contributed by atoms with Gasteiger partial charge in [0, 0.05) is 29.4 Å². The highest BCUT2D eigenvalue weighted by Crippen LogP contribution is 2.47. The Morgan fingerprint density at radius 1 is 1.31 bits per heavy atom. The van der Waals surface area contributed by atoms with E-state index in [1.165, 1.54) is 0 Å². The van der Waals surface area contributed by atoms with E-state index in [-0.39, 0.29) is 21.3 Å². The van der Waals surface area contributed by atoms with E-state index in [0.717, 1.165) is 34.0 Å². The molecule has 0 spiro atoms. The number of nitrogens with two attached hydrogens (primary N) is 1. The first-order chi connectivity index (χ1) is 17.3. The monoisotopic (exact) mass is 524 g/mol. The van der Waals surface area contributed by atoms with Crippen molar-refractivity contribution in [2.24, 2.45) is 0 Å². The lowest BCUT2D eigenvalue weighted by atomic mass is 9.94. The van der Waals surface area contributed by atoms with Gasteiger partial charge < -0.3 is 25.4 Å². The fourth-order valence-corrected chi connectivity index (χ4v) is 6.55. The van der Waals surface area contributed by atoms with Crippen molar-refractivity contribution in [2.45, 2.75) is 25.4 Å². The van der Waals surface area contributed by atoms with Crippen LogP contribution in [-0.4, -0.2) is 59.3 Å². The molecule has 1 aromatic carbocycles. The standard InChI is InChI=1S/C25H22ClFN6O2S/c1-32(2)16-7-33(8-17(16)34)18-4-3-11-13-9-35-10-14(13)19(21(26)22(11)31-18)23-20-12(5-28)25(29)36-24(20)15(27)6-30-23/h3-4,6,16-17,34H,7-10,29H2,1-2H3/t16-,17-/m1/s1. The minimum Gasteiger partial charge on any atom is -0.390 e. The first-order valence-electron chi connectivity index (χ1n) is 11.4. The van der Waals surface area contributed by atoms with Crippen LogP contribution in [0.2, 0.25) is 5.02 Å². The van der Waals surface area contributed by atoms with Gasteiger partial charge in [-0.3, -0.25) is 4.98 Å². The van der Waals surface area contributed by atoms with Gasteiger partial charge in [0.25, 0.3) is 0 Å². The second kappa shape index (κ2) is 8.50. The van der Waals surface area contributed by atoms with E-state index in [4.69, 9.17) is 27.1 Å². The van der Waals surface area contributed by atoms with Crippen LogP contribution in [0.5, 0.6) is 0 Å². The summed E-state index contributed by atoms with van der Waals surface area (Å²) >= 11 is 8.07. The van der Waals surface area contributed by atoms with E-state index >= 15 is 0 Å². The summed E-state index contributed by atoms with van der Waals surface area (Å²) in [6.07, 6.45) is 0.635. The number of nitriles is 1. The predicted molar refractivity (Wildman–Crippen MR) is 139 cm³/mol. The van der Waals surface area contributed by atoms with Crippen LogP contribution >= 0.6 is 22.9 Å². The first-order valence-corrected chi connectivity index (χ1v) is 12.6. The van der Waals surface area contributed by atoms with E-state index in [0.29, 0.717) is 59.3 Å². The Kier molecular flexibility index (Phi) is 5.51. The molecule has 2 aliphatic heterocycles. The first kappa shape index (κ1) is 23.3. The Morgan fingerprint density at radius 3 is 2.81 bits per heavy atom. The number of fused-ring (bicyclic) bond motifs is 4. The second-order valence-corrected chi connectivity index (χ2v) is 10.7. The summed E-state index contributed by atoms with van der Waals surface area (Å²) in [4.78, 5) is 13.3. The van der Waals surface area contributed by atoms with Gasteiger partial charge in [0.15, 0.2) is 5.82 Å². The quantitative estimate of drug-likeness (QED) is 0.415. The van der Waals surface area contributed by atoms with Crippen LogP contribution in [0.15, 0.2) is 18.3 Å². The number of hydrogen-bond acceptors (Lipinski definition) is 9. The number of hydrogen-bond donors (Lipinski definition) is 2. The Hall–Kier alpha value is -3.07. The molecule has 0 radical (unpaired) electrons. The molecule has 0 saturated carbocycles. The van der Waals surface area contributed by atoms with Gasteiger partial charge in [0.05, 0.1) is 58.1 Å². The van der Waals surface area contributed by atoms with Crippen molar-refractivity contribution in [3.8, 4) is 17.3 Å². The fourth-order valence-electron chi connectivity index (χ4n) is 5.28. The highest BCUT2D eigenvalue weighted by atomic mass is 35.5. The van der Waals surface area contributed by atoms with Crippen molar-refractivity contribution in [1.82, 2.24) is 14.9 Å². The Morgan fingerprint density at radius 2 is 2.08 bits per heavy atom. The fraction of sp³-hybridized carbons (Fsp3) is 0.320. The lowest BCUT2D eigenvalue weighted by molar-refractivity contribution is 0.114. The summed E-state index contributed by atoms with van der Waals surface area (Å²) < 4.78 is 20.7. The van der Waals surface area contributed by atoms with E-state index in [1.54, 1.807) is 0 Å². The molecular weight excluding hydrogens is 503 g/mol. The number of aliphatic hydroxyl groups excluding tert-OH is 1. The second-order valence-electron chi connectivity index (χ2n) is 9.32. The molecule has 0 unspecified atom stereocenters. The molecule has 184 valence electrons. The van der Waals surface area contributed by atoms with Crippen molar-refractivity contribution >= 4 is 54.7 Å². The number of nitrogen functional groups attached to an aromatic ring is 1. The van der Waals surface area contributed by atoms with E-state index < -0.39 is 11.9 Å². The highest BCUT2D eigenvalue weighted by Gasteiger charge is 2.34. The zero-order valence-corrected chi connectivity index (χ0v) is 21.1. The summed E-state index contributed by atoms with van der Waals surface area (Å²) in [6.45, 7) is 1.78. The van der Waals surface area contributed by atoms with Crippen LogP contribution in [0.3, 0.4) is 0 Å². The Bertz CT molecular complexity index is 1600. The number of aliphatic hydroxyl groups is 1. The van der Waals surface area contributed by atoms with Gasteiger partial charge in [0.2, 0.25) is 0 Å². The van der Waals surface area contributed by atoms with Gasteiger partial charge in [-0.05, 0) is 37.4 Å². The number of benzene rings is 1. The van der Waals surface area contributed by atoms with Gasteiger partial charge in [0.1, 0.15) is 16.9 Å². The maximum Gasteiger partial charge on any atom is 0.159 e. The van der Waals surface area contributed by atoms with Crippen molar-refractivity contribution in [3.05, 3.63) is 45.9 Å². The van der Waals surface area contributed by atoms with Crippen LogP contribution < -0.4 is 10.6 Å². The lowest BCUT2D eigenvalue weighted by Gasteiger charge is -2.22. The van der Waals surface area contributed by atoms with Crippen LogP contribution in [0.1, 0.15) is 16.7 Å². The number of aromatic nitrogens is 2. The van der Waals surface area contributed by atoms with E-state index in [1.807, 2.05) is 36.0 Å². The predicted octanol–water partition coefficient (Wildman–Crippen LogP) is 3.90. The molecule has 1 saturated heterocycles. The number of halogens is 2. The average molecular weight is 525 g/mol. The Balaban J connectivity index is 1.59. The number of pyridine rings is 2. The topological polar surface area (TPSA) is 112 Å². The number of nitrogens with zero attached hydrogens (tertiary/aromatic N) is 5. The molecule has 4 aromatic rings. The maximum absolute atomic E-state index is 14.7. The third-order valence-electron chi connectivity index (χ3n) is 7.08. The minimum absolute atomic E-state index is 0.00731. The number of ether oxygens (including phenoxy) is 1.